The molecular weight excluding hydrogens is 254 g/mol. The molecule has 3 nitrogen and oxygen atoms in total. The first-order valence-electron chi connectivity index (χ1n) is 6.26. The molecule has 2 rings (SSSR count). The highest BCUT2D eigenvalue weighted by molar-refractivity contribution is 7.80. The van der Waals surface area contributed by atoms with E-state index in [9.17, 15) is 0 Å². The summed E-state index contributed by atoms with van der Waals surface area (Å²) in [4.78, 5) is 4.64. The van der Waals surface area contributed by atoms with Crippen molar-refractivity contribution < 1.29 is 0 Å². The number of hydrogen-bond acceptors (Lipinski definition) is 3. The fourth-order valence-corrected chi connectivity index (χ4v) is 1.85. The Kier molecular flexibility index (Phi) is 4.47. The summed E-state index contributed by atoms with van der Waals surface area (Å²) in [6.45, 7) is 2.91. The van der Waals surface area contributed by atoms with Crippen LogP contribution in [0.15, 0.2) is 42.6 Å². The number of aromatic nitrogens is 1. The van der Waals surface area contributed by atoms with Crippen molar-refractivity contribution >= 4 is 23.0 Å². The zero-order valence-electron chi connectivity index (χ0n) is 10.9. The molecule has 0 aliphatic rings. The molecule has 0 aliphatic carbocycles. The van der Waals surface area contributed by atoms with E-state index in [1.54, 1.807) is 6.20 Å². The van der Waals surface area contributed by atoms with Crippen molar-refractivity contribution in [3.63, 3.8) is 0 Å². The third-order valence-corrected chi connectivity index (χ3v) is 3.19. The highest BCUT2D eigenvalue weighted by Gasteiger charge is 1.98. The molecular formula is C15H17N3S. The first-order chi connectivity index (χ1) is 9.19. The molecule has 0 saturated carbocycles. The molecule has 0 amide bonds. The normalized spacial score (nSPS) is 10.2. The molecule has 0 radical (unpaired) electrons. The van der Waals surface area contributed by atoms with Gasteiger partial charge < -0.3 is 11.1 Å². The summed E-state index contributed by atoms with van der Waals surface area (Å²) in [5, 5.41) is 3.27. The molecule has 1 heterocycles. The second-order valence-electron chi connectivity index (χ2n) is 4.32. The first-order valence-corrected chi connectivity index (χ1v) is 6.67. The molecule has 98 valence electrons. The van der Waals surface area contributed by atoms with E-state index in [0.717, 1.165) is 24.3 Å². The molecule has 0 spiro atoms. The Morgan fingerprint density at radius 1 is 1.16 bits per heavy atom. The minimum Gasteiger partial charge on any atom is -0.389 e. The van der Waals surface area contributed by atoms with Crippen molar-refractivity contribution in [1.29, 1.82) is 0 Å². The van der Waals surface area contributed by atoms with Gasteiger partial charge in [-0.2, -0.15) is 0 Å². The third kappa shape index (κ3) is 3.76. The summed E-state index contributed by atoms with van der Waals surface area (Å²) < 4.78 is 0. The van der Waals surface area contributed by atoms with E-state index in [0.29, 0.717) is 4.99 Å². The predicted octanol–water partition coefficient (Wildman–Crippen LogP) is 2.89. The molecule has 19 heavy (non-hydrogen) atoms. The Morgan fingerprint density at radius 3 is 2.37 bits per heavy atom. The van der Waals surface area contributed by atoms with Crippen LogP contribution in [0.1, 0.15) is 23.6 Å². The fraction of sp³-hybridized carbons (Fsp3) is 0.200. The van der Waals surface area contributed by atoms with Gasteiger partial charge in [0.2, 0.25) is 0 Å². The Hall–Kier alpha value is -1.94. The minimum atomic E-state index is 0.370. The smallest absolute Gasteiger partial charge is 0.126 e. The lowest BCUT2D eigenvalue weighted by molar-refractivity contribution is 1.09. The zero-order chi connectivity index (χ0) is 13.7. The SMILES string of the molecule is CCc1ccc(CNc2ccc(C(N)=S)cn2)cc1. The van der Waals surface area contributed by atoms with E-state index < -0.39 is 0 Å². The van der Waals surface area contributed by atoms with Crippen LogP contribution in [0, 0.1) is 0 Å². The minimum absolute atomic E-state index is 0.370. The first kappa shape index (κ1) is 13.5. The summed E-state index contributed by atoms with van der Waals surface area (Å²) in [7, 11) is 0. The monoisotopic (exact) mass is 271 g/mol. The van der Waals surface area contributed by atoms with Crippen LogP contribution in [0.25, 0.3) is 0 Å². The summed E-state index contributed by atoms with van der Waals surface area (Å²) in [6.07, 6.45) is 2.75. The molecule has 4 heteroatoms. The molecule has 0 unspecified atom stereocenters. The van der Waals surface area contributed by atoms with Crippen LogP contribution < -0.4 is 11.1 Å². The maximum absolute atomic E-state index is 5.53. The number of pyridine rings is 1. The Labute approximate surface area is 118 Å². The summed E-state index contributed by atoms with van der Waals surface area (Å²) >= 11 is 4.89. The summed E-state index contributed by atoms with van der Waals surface area (Å²) in [5.74, 6) is 0.819. The Balaban J connectivity index is 1.95. The lowest BCUT2D eigenvalue weighted by atomic mass is 10.1. The zero-order valence-corrected chi connectivity index (χ0v) is 11.7. The summed E-state index contributed by atoms with van der Waals surface area (Å²) in [5.41, 5.74) is 8.90. The van der Waals surface area contributed by atoms with E-state index in [1.165, 1.54) is 11.1 Å². The summed E-state index contributed by atoms with van der Waals surface area (Å²) in [6, 6.07) is 12.3. The number of hydrogen-bond donors (Lipinski definition) is 2. The number of thiocarbonyl (C=S) groups is 1. The van der Waals surface area contributed by atoms with Crippen molar-refractivity contribution in [3.8, 4) is 0 Å². The Bertz CT molecular complexity index is 547. The number of nitrogens with zero attached hydrogens (tertiary/aromatic N) is 1. The van der Waals surface area contributed by atoms with E-state index in [-0.39, 0.29) is 0 Å². The van der Waals surface area contributed by atoms with Crippen LogP contribution in [0.5, 0.6) is 0 Å². The number of rotatable bonds is 5. The fourth-order valence-electron chi connectivity index (χ4n) is 1.73. The highest BCUT2D eigenvalue weighted by Crippen LogP contribution is 2.09. The van der Waals surface area contributed by atoms with Gasteiger partial charge in [-0.1, -0.05) is 43.4 Å². The van der Waals surface area contributed by atoms with Crippen molar-refractivity contribution in [2.75, 3.05) is 5.32 Å². The molecule has 0 bridgehead atoms. The third-order valence-electron chi connectivity index (χ3n) is 2.95. The molecule has 0 saturated heterocycles. The molecule has 1 aromatic carbocycles. The van der Waals surface area contributed by atoms with Crippen LogP contribution in [0.2, 0.25) is 0 Å². The highest BCUT2D eigenvalue weighted by atomic mass is 32.1. The molecule has 0 aliphatic heterocycles. The van der Waals surface area contributed by atoms with Crippen LogP contribution >= 0.6 is 12.2 Å². The van der Waals surface area contributed by atoms with Crippen LogP contribution in [-0.2, 0) is 13.0 Å². The van der Waals surface area contributed by atoms with Gasteiger partial charge in [0.25, 0.3) is 0 Å². The maximum Gasteiger partial charge on any atom is 0.126 e. The largest absolute Gasteiger partial charge is 0.389 e. The molecule has 0 fully saturated rings. The van der Waals surface area contributed by atoms with Gasteiger partial charge in [0, 0.05) is 18.3 Å². The van der Waals surface area contributed by atoms with Gasteiger partial charge in [0.15, 0.2) is 0 Å². The van der Waals surface area contributed by atoms with Gasteiger partial charge in [-0.05, 0) is 29.7 Å². The lowest BCUT2D eigenvalue weighted by Gasteiger charge is -2.07. The van der Waals surface area contributed by atoms with E-state index in [2.05, 4.69) is 41.5 Å². The van der Waals surface area contributed by atoms with Crippen LogP contribution in [0.3, 0.4) is 0 Å². The second kappa shape index (κ2) is 6.29. The van der Waals surface area contributed by atoms with E-state index in [1.807, 2.05) is 12.1 Å². The maximum atomic E-state index is 5.53. The number of benzene rings is 1. The van der Waals surface area contributed by atoms with Gasteiger partial charge >= 0.3 is 0 Å². The van der Waals surface area contributed by atoms with Gasteiger partial charge in [-0.3, -0.25) is 0 Å². The van der Waals surface area contributed by atoms with Gasteiger partial charge in [-0.15, -0.1) is 0 Å². The molecule has 2 aromatic rings. The predicted molar refractivity (Wildman–Crippen MR) is 83.3 cm³/mol. The molecule has 0 atom stereocenters. The van der Waals surface area contributed by atoms with Crippen LogP contribution in [0.4, 0.5) is 5.82 Å². The molecule has 3 N–H and O–H groups in total. The average Bonchev–Trinajstić information content (AvgIpc) is 2.46. The van der Waals surface area contributed by atoms with Gasteiger partial charge in [0.05, 0.1) is 0 Å². The van der Waals surface area contributed by atoms with Crippen LogP contribution in [-0.4, -0.2) is 9.97 Å². The Morgan fingerprint density at radius 2 is 1.84 bits per heavy atom. The standard InChI is InChI=1S/C15H17N3S/c1-2-11-3-5-12(6-4-11)9-17-14-8-7-13(10-18-14)15(16)19/h3-8,10H,2,9H2,1H3,(H2,16,19)(H,17,18). The van der Waals surface area contributed by atoms with Crippen molar-refractivity contribution in [3.05, 3.63) is 59.3 Å². The number of nitrogens with one attached hydrogen (secondary N) is 1. The average molecular weight is 271 g/mol. The van der Waals surface area contributed by atoms with Crippen molar-refractivity contribution in [2.45, 2.75) is 19.9 Å². The van der Waals surface area contributed by atoms with Crippen molar-refractivity contribution in [2.24, 2.45) is 5.73 Å². The number of anilines is 1. The quantitative estimate of drug-likeness (QED) is 0.821. The van der Waals surface area contributed by atoms with E-state index >= 15 is 0 Å². The molecule has 1 aromatic heterocycles. The number of nitrogens with two attached hydrogens (primary N) is 1. The lowest BCUT2D eigenvalue weighted by Crippen LogP contribution is -2.10. The van der Waals surface area contributed by atoms with E-state index in [4.69, 9.17) is 18.0 Å². The van der Waals surface area contributed by atoms with Gasteiger partial charge in [0.1, 0.15) is 10.8 Å². The number of aryl methyl sites for hydroxylation is 1. The second-order valence-corrected chi connectivity index (χ2v) is 4.76. The van der Waals surface area contributed by atoms with Gasteiger partial charge in [-0.25, -0.2) is 4.98 Å². The van der Waals surface area contributed by atoms with Crippen molar-refractivity contribution in [1.82, 2.24) is 4.98 Å². The topological polar surface area (TPSA) is 50.9 Å².